The van der Waals surface area contributed by atoms with Crippen molar-refractivity contribution in [3.05, 3.63) is 116 Å². The number of allylic oxidation sites excluding steroid dienone is 1. The summed E-state index contributed by atoms with van der Waals surface area (Å²) in [4.78, 5) is 32.2. The largest absolute Gasteiger partial charge is 0.463 e. The van der Waals surface area contributed by atoms with Crippen molar-refractivity contribution in [3.63, 3.8) is 0 Å². The molecule has 2 aromatic heterocycles. The second-order valence-corrected chi connectivity index (χ2v) is 12.0. The van der Waals surface area contributed by atoms with Gasteiger partial charge < -0.3 is 9.30 Å². The summed E-state index contributed by atoms with van der Waals surface area (Å²) in [5, 5.41) is 0.463. The zero-order chi connectivity index (χ0) is 28.0. The smallest absolute Gasteiger partial charge is 0.338 e. The molecule has 5 rings (SSSR count). The fraction of sp³-hybridized carbons (Fsp3) is 0.233. The first-order valence-electron chi connectivity index (χ1n) is 12.5. The molecule has 4 aromatic rings. The molecule has 1 aliphatic rings. The number of thiazole rings is 1. The van der Waals surface area contributed by atoms with Gasteiger partial charge >= 0.3 is 5.97 Å². The Balaban J connectivity index is 1.70. The maximum absolute atomic E-state index is 14.0. The fourth-order valence-electron chi connectivity index (χ4n) is 5.02. The lowest BCUT2D eigenvalue weighted by Crippen LogP contribution is -2.40. The van der Waals surface area contributed by atoms with E-state index in [1.807, 2.05) is 24.3 Å². The van der Waals surface area contributed by atoms with E-state index in [0.717, 1.165) is 22.6 Å². The molecule has 0 fully saturated rings. The van der Waals surface area contributed by atoms with Gasteiger partial charge in [-0.25, -0.2) is 9.79 Å². The molecule has 0 saturated heterocycles. The summed E-state index contributed by atoms with van der Waals surface area (Å²) in [6.45, 7) is 9.95. The third kappa shape index (κ3) is 4.94. The third-order valence-electron chi connectivity index (χ3n) is 6.87. The standard InChI is InChI=1S/C30H27ClIN3O3S/c1-6-38-29(37)26-18(4)33-30-35(27(26)22-9-7-8-10-23(22)31)28(36)25(39-30)15-20-14-17(3)34(19(20)5)21-11-12-24(32)16(2)13-21/h7-15,27H,6H2,1-5H3/b25-15-/t27-/m0/s1. The van der Waals surface area contributed by atoms with Crippen LogP contribution >= 0.6 is 45.5 Å². The van der Waals surface area contributed by atoms with Crippen molar-refractivity contribution in [1.82, 2.24) is 9.13 Å². The number of benzene rings is 2. The van der Waals surface area contributed by atoms with E-state index in [9.17, 15) is 9.59 Å². The van der Waals surface area contributed by atoms with Gasteiger partial charge in [-0.1, -0.05) is 41.1 Å². The quantitative estimate of drug-likeness (QED) is 0.200. The molecular weight excluding hydrogens is 645 g/mol. The first-order valence-corrected chi connectivity index (χ1v) is 14.8. The van der Waals surface area contributed by atoms with E-state index in [-0.39, 0.29) is 12.2 Å². The molecule has 9 heteroatoms. The van der Waals surface area contributed by atoms with Gasteiger partial charge in [-0.2, -0.15) is 0 Å². The Labute approximate surface area is 249 Å². The van der Waals surface area contributed by atoms with Gasteiger partial charge in [0, 0.05) is 25.7 Å². The molecule has 1 aliphatic heterocycles. The van der Waals surface area contributed by atoms with E-state index in [1.165, 1.54) is 20.5 Å². The number of ether oxygens (including phenoxy) is 1. The number of aryl methyl sites for hydroxylation is 2. The number of hydrogen-bond acceptors (Lipinski definition) is 5. The van der Waals surface area contributed by atoms with Gasteiger partial charge in [-0.3, -0.25) is 9.36 Å². The van der Waals surface area contributed by atoms with E-state index in [2.05, 4.69) is 77.2 Å². The first kappa shape index (κ1) is 27.6. The lowest BCUT2D eigenvalue weighted by molar-refractivity contribution is -0.139. The van der Waals surface area contributed by atoms with Crippen LogP contribution in [0.15, 0.2) is 69.6 Å². The lowest BCUT2D eigenvalue weighted by atomic mass is 9.96. The minimum Gasteiger partial charge on any atom is -0.463 e. The fourth-order valence-corrected chi connectivity index (χ4v) is 6.63. The van der Waals surface area contributed by atoms with E-state index >= 15 is 0 Å². The molecule has 2 aromatic carbocycles. The molecule has 0 radical (unpaired) electrons. The van der Waals surface area contributed by atoms with Crippen LogP contribution in [-0.2, 0) is 9.53 Å². The maximum atomic E-state index is 14.0. The molecule has 0 saturated carbocycles. The van der Waals surface area contributed by atoms with Gasteiger partial charge in [-0.05, 0) is 110 Å². The van der Waals surface area contributed by atoms with Gasteiger partial charge in [0.15, 0.2) is 4.80 Å². The summed E-state index contributed by atoms with van der Waals surface area (Å²) in [6.07, 6.45) is 1.91. The minimum absolute atomic E-state index is 0.213. The highest BCUT2D eigenvalue weighted by Gasteiger charge is 2.34. The monoisotopic (exact) mass is 671 g/mol. The van der Waals surface area contributed by atoms with Crippen LogP contribution in [0.1, 0.15) is 48.0 Å². The van der Waals surface area contributed by atoms with Gasteiger partial charge in [0.1, 0.15) is 6.04 Å². The number of fused-ring (bicyclic) bond motifs is 1. The van der Waals surface area contributed by atoms with E-state index in [0.29, 0.717) is 31.2 Å². The first-order chi connectivity index (χ1) is 18.6. The van der Waals surface area contributed by atoms with Crippen molar-refractivity contribution in [2.45, 2.75) is 40.7 Å². The summed E-state index contributed by atoms with van der Waals surface area (Å²) in [6, 6.07) is 15.0. The van der Waals surface area contributed by atoms with Crippen LogP contribution in [0.3, 0.4) is 0 Å². The molecule has 39 heavy (non-hydrogen) atoms. The zero-order valence-electron chi connectivity index (χ0n) is 22.2. The SMILES string of the molecule is CCOC(=O)C1=C(C)N=c2s/c(=C\c3cc(C)n(-c4ccc(I)c(C)c4)c3C)c(=O)n2[C@H]1c1ccccc1Cl. The number of halogens is 2. The molecule has 0 aliphatic carbocycles. The van der Waals surface area contributed by atoms with Crippen LogP contribution in [0.25, 0.3) is 11.8 Å². The number of carbonyl (C=O) groups is 1. The van der Waals surface area contributed by atoms with Crippen LogP contribution in [0.4, 0.5) is 0 Å². The van der Waals surface area contributed by atoms with E-state index < -0.39 is 12.0 Å². The Hall–Kier alpha value is -2.95. The number of esters is 1. The number of hydrogen-bond donors (Lipinski definition) is 0. The Kier molecular flexibility index (Phi) is 7.72. The second-order valence-electron chi connectivity index (χ2n) is 9.42. The minimum atomic E-state index is -0.738. The van der Waals surface area contributed by atoms with Crippen LogP contribution in [-0.4, -0.2) is 21.7 Å². The number of nitrogens with zero attached hydrogens (tertiary/aromatic N) is 3. The molecule has 0 spiro atoms. The Bertz CT molecular complexity index is 1850. The molecule has 3 heterocycles. The highest BCUT2D eigenvalue weighted by atomic mass is 127. The summed E-state index contributed by atoms with van der Waals surface area (Å²) < 4.78 is 10.9. The highest BCUT2D eigenvalue weighted by molar-refractivity contribution is 14.1. The number of aromatic nitrogens is 2. The predicted octanol–water partition coefficient (Wildman–Crippen LogP) is 5.77. The van der Waals surface area contributed by atoms with Gasteiger partial charge in [0.2, 0.25) is 0 Å². The summed E-state index contributed by atoms with van der Waals surface area (Å²) in [7, 11) is 0. The Morgan fingerprint density at radius 1 is 1.15 bits per heavy atom. The van der Waals surface area contributed by atoms with Crippen molar-refractivity contribution in [3.8, 4) is 5.69 Å². The Morgan fingerprint density at radius 3 is 2.59 bits per heavy atom. The van der Waals surface area contributed by atoms with E-state index in [1.54, 1.807) is 24.5 Å². The van der Waals surface area contributed by atoms with Crippen LogP contribution in [0, 0.1) is 24.3 Å². The van der Waals surface area contributed by atoms with Crippen LogP contribution in [0.2, 0.25) is 5.02 Å². The average Bonchev–Trinajstić information content (AvgIpc) is 3.34. The normalized spacial score (nSPS) is 15.4. The molecule has 0 amide bonds. The molecule has 200 valence electrons. The third-order valence-corrected chi connectivity index (χ3v) is 9.41. The van der Waals surface area contributed by atoms with Crippen molar-refractivity contribution < 1.29 is 9.53 Å². The summed E-state index contributed by atoms with van der Waals surface area (Å²) in [5.74, 6) is -0.505. The molecule has 1 atom stereocenters. The van der Waals surface area contributed by atoms with Crippen molar-refractivity contribution in [2.24, 2.45) is 4.99 Å². The maximum Gasteiger partial charge on any atom is 0.338 e. The molecule has 6 nitrogen and oxygen atoms in total. The molecule has 0 unspecified atom stereocenters. The predicted molar refractivity (Wildman–Crippen MR) is 165 cm³/mol. The van der Waals surface area contributed by atoms with Crippen molar-refractivity contribution in [1.29, 1.82) is 0 Å². The molecular formula is C30H27ClIN3O3S. The Morgan fingerprint density at radius 2 is 1.90 bits per heavy atom. The van der Waals surface area contributed by atoms with Gasteiger partial charge in [0.25, 0.3) is 5.56 Å². The topological polar surface area (TPSA) is 65.6 Å². The van der Waals surface area contributed by atoms with Gasteiger partial charge in [0.05, 0.1) is 22.4 Å². The molecule has 0 N–H and O–H groups in total. The average molecular weight is 672 g/mol. The van der Waals surface area contributed by atoms with Crippen LogP contribution < -0.4 is 14.9 Å². The van der Waals surface area contributed by atoms with Crippen LogP contribution in [0.5, 0.6) is 0 Å². The highest BCUT2D eigenvalue weighted by Crippen LogP contribution is 2.34. The molecule has 0 bridgehead atoms. The lowest BCUT2D eigenvalue weighted by Gasteiger charge is -2.25. The zero-order valence-corrected chi connectivity index (χ0v) is 25.9. The number of carbonyl (C=O) groups excluding carboxylic acids is 1. The summed E-state index contributed by atoms with van der Waals surface area (Å²) in [5.41, 5.74) is 6.59. The summed E-state index contributed by atoms with van der Waals surface area (Å²) >= 11 is 10.2. The van der Waals surface area contributed by atoms with Crippen molar-refractivity contribution in [2.75, 3.05) is 6.61 Å². The second kappa shape index (κ2) is 10.9. The van der Waals surface area contributed by atoms with Gasteiger partial charge in [-0.15, -0.1) is 0 Å². The van der Waals surface area contributed by atoms with E-state index in [4.69, 9.17) is 16.3 Å². The van der Waals surface area contributed by atoms with Crippen molar-refractivity contribution >= 4 is 57.6 Å². The number of rotatable bonds is 5.